The van der Waals surface area contributed by atoms with Gasteiger partial charge in [0.25, 0.3) is 0 Å². The van der Waals surface area contributed by atoms with E-state index in [9.17, 15) is 0 Å². The fraction of sp³-hybridized carbons (Fsp3) is 0.667. The molecule has 0 saturated heterocycles. The number of rotatable bonds is 2. The van der Waals surface area contributed by atoms with Crippen LogP contribution in [0.3, 0.4) is 0 Å². The van der Waals surface area contributed by atoms with Gasteiger partial charge in [-0.3, -0.25) is 9.67 Å². The van der Waals surface area contributed by atoms with E-state index in [0.29, 0.717) is 17.4 Å². The molecule has 1 aromatic rings. The molecule has 4 nitrogen and oxygen atoms in total. The Morgan fingerprint density at radius 1 is 1.73 bits per heavy atom. The molecular formula is C6H10N4S. The number of nitrogens with zero attached hydrogens (tertiary/aromatic N) is 2. The summed E-state index contributed by atoms with van der Waals surface area (Å²) in [5.41, 5.74) is 5.48. The van der Waals surface area contributed by atoms with Crippen LogP contribution in [-0.4, -0.2) is 14.8 Å². The van der Waals surface area contributed by atoms with Crippen molar-refractivity contribution in [2.45, 2.75) is 25.4 Å². The van der Waals surface area contributed by atoms with E-state index in [-0.39, 0.29) is 0 Å². The number of H-pyrrole nitrogens is 1. The monoisotopic (exact) mass is 170 g/mol. The van der Waals surface area contributed by atoms with Gasteiger partial charge in [0.2, 0.25) is 0 Å². The highest BCUT2D eigenvalue weighted by molar-refractivity contribution is 7.71. The Bertz CT molecular complexity index is 309. The fourth-order valence-corrected chi connectivity index (χ4v) is 1.49. The number of nitrogens with two attached hydrogens (primary N) is 1. The van der Waals surface area contributed by atoms with Crippen LogP contribution in [-0.2, 0) is 6.54 Å². The maximum Gasteiger partial charge on any atom is 0.195 e. The van der Waals surface area contributed by atoms with Crippen LogP contribution in [0.5, 0.6) is 0 Å². The topological polar surface area (TPSA) is 59.6 Å². The highest BCUT2D eigenvalue weighted by Gasteiger charge is 2.26. The van der Waals surface area contributed by atoms with E-state index in [1.807, 2.05) is 4.57 Å². The van der Waals surface area contributed by atoms with E-state index in [4.69, 9.17) is 18.0 Å². The summed E-state index contributed by atoms with van der Waals surface area (Å²) in [5.74, 6) is 0.873. The molecule has 0 unspecified atom stereocenters. The lowest BCUT2D eigenvalue weighted by Gasteiger charge is -2.00. The van der Waals surface area contributed by atoms with E-state index in [2.05, 4.69) is 10.2 Å². The molecular weight excluding hydrogens is 160 g/mol. The summed E-state index contributed by atoms with van der Waals surface area (Å²) in [6, 6.07) is 0.569. The Kier molecular flexibility index (Phi) is 1.54. The lowest BCUT2D eigenvalue weighted by Crippen LogP contribution is -2.06. The van der Waals surface area contributed by atoms with Crippen LogP contribution in [0.4, 0.5) is 0 Å². The first-order valence-electron chi connectivity index (χ1n) is 3.69. The Labute approximate surface area is 69.4 Å². The zero-order chi connectivity index (χ0) is 7.84. The summed E-state index contributed by atoms with van der Waals surface area (Å²) in [6.45, 7) is 0.462. The molecule has 1 fully saturated rings. The summed E-state index contributed by atoms with van der Waals surface area (Å²) in [4.78, 5) is 0. The second-order valence-electron chi connectivity index (χ2n) is 2.75. The predicted octanol–water partition coefficient (Wildman–Crippen LogP) is 0.734. The lowest BCUT2D eigenvalue weighted by molar-refractivity contribution is 0.674. The van der Waals surface area contributed by atoms with Crippen LogP contribution in [0.2, 0.25) is 0 Å². The van der Waals surface area contributed by atoms with Gasteiger partial charge in [-0.15, -0.1) is 0 Å². The highest BCUT2D eigenvalue weighted by atomic mass is 32.1. The number of aromatic amines is 1. The van der Waals surface area contributed by atoms with Crippen molar-refractivity contribution in [2.24, 2.45) is 5.73 Å². The normalized spacial score (nSPS) is 17.2. The van der Waals surface area contributed by atoms with Crippen LogP contribution in [0.1, 0.15) is 24.7 Å². The van der Waals surface area contributed by atoms with E-state index < -0.39 is 0 Å². The van der Waals surface area contributed by atoms with Crippen molar-refractivity contribution in [3.05, 3.63) is 10.6 Å². The van der Waals surface area contributed by atoms with Gasteiger partial charge >= 0.3 is 0 Å². The van der Waals surface area contributed by atoms with E-state index in [1.165, 1.54) is 12.8 Å². The summed E-state index contributed by atoms with van der Waals surface area (Å²) in [7, 11) is 0. The molecule has 1 heterocycles. The molecule has 11 heavy (non-hydrogen) atoms. The van der Waals surface area contributed by atoms with Crippen molar-refractivity contribution in [3.63, 3.8) is 0 Å². The Morgan fingerprint density at radius 2 is 2.45 bits per heavy atom. The molecule has 0 bridgehead atoms. The first-order chi connectivity index (χ1) is 5.33. The van der Waals surface area contributed by atoms with Gasteiger partial charge in [0, 0.05) is 6.04 Å². The van der Waals surface area contributed by atoms with Crippen LogP contribution in [0.15, 0.2) is 0 Å². The van der Waals surface area contributed by atoms with Gasteiger partial charge in [-0.05, 0) is 25.1 Å². The van der Waals surface area contributed by atoms with Gasteiger partial charge in [0.05, 0.1) is 6.54 Å². The minimum Gasteiger partial charge on any atom is -0.324 e. The van der Waals surface area contributed by atoms with Crippen molar-refractivity contribution in [1.82, 2.24) is 14.8 Å². The molecule has 0 atom stereocenters. The summed E-state index contributed by atoms with van der Waals surface area (Å²) in [5, 5.41) is 6.76. The van der Waals surface area contributed by atoms with Gasteiger partial charge < -0.3 is 5.73 Å². The average Bonchev–Trinajstić information content (AvgIpc) is 2.76. The Hall–Kier alpha value is -0.680. The van der Waals surface area contributed by atoms with Crippen molar-refractivity contribution in [3.8, 4) is 0 Å². The van der Waals surface area contributed by atoms with Gasteiger partial charge in [0.15, 0.2) is 4.77 Å². The quantitative estimate of drug-likeness (QED) is 0.643. The molecule has 1 aliphatic rings. The first kappa shape index (κ1) is 7.00. The standard InChI is InChI=1S/C6H10N4S/c7-3-5-8-9-6(11)10(5)4-1-2-4/h4H,1-3,7H2,(H,9,11). The zero-order valence-corrected chi connectivity index (χ0v) is 6.90. The third kappa shape index (κ3) is 1.10. The minimum absolute atomic E-state index is 0.462. The van der Waals surface area contributed by atoms with Crippen LogP contribution >= 0.6 is 12.2 Å². The molecule has 1 aromatic heterocycles. The summed E-state index contributed by atoms with van der Waals surface area (Å²) in [6.07, 6.45) is 2.42. The molecule has 1 saturated carbocycles. The third-order valence-corrected chi connectivity index (χ3v) is 2.16. The molecule has 0 radical (unpaired) electrons. The predicted molar refractivity (Wildman–Crippen MR) is 43.6 cm³/mol. The highest BCUT2D eigenvalue weighted by Crippen LogP contribution is 2.35. The molecule has 1 aliphatic carbocycles. The van der Waals surface area contributed by atoms with Crippen LogP contribution in [0, 0.1) is 4.77 Å². The number of hydrogen-bond acceptors (Lipinski definition) is 3. The van der Waals surface area contributed by atoms with Crippen LogP contribution in [0.25, 0.3) is 0 Å². The summed E-state index contributed by atoms with van der Waals surface area (Å²) >= 11 is 5.04. The van der Waals surface area contributed by atoms with Crippen molar-refractivity contribution >= 4 is 12.2 Å². The molecule has 0 amide bonds. The molecule has 5 heteroatoms. The lowest BCUT2D eigenvalue weighted by atomic mass is 10.5. The summed E-state index contributed by atoms with van der Waals surface area (Å²) < 4.78 is 2.72. The van der Waals surface area contributed by atoms with E-state index >= 15 is 0 Å². The molecule has 0 aliphatic heterocycles. The van der Waals surface area contributed by atoms with Crippen molar-refractivity contribution in [1.29, 1.82) is 0 Å². The number of hydrogen-bond donors (Lipinski definition) is 2. The molecule has 3 N–H and O–H groups in total. The maximum atomic E-state index is 5.48. The fourth-order valence-electron chi connectivity index (χ4n) is 1.19. The maximum absolute atomic E-state index is 5.48. The second kappa shape index (κ2) is 2.42. The van der Waals surface area contributed by atoms with E-state index in [0.717, 1.165) is 5.82 Å². The van der Waals surface area contributed by atoms with Crippen LogP contribution < -0.4 is 5.73 Å². The smallest absolute Gasteiger partial charge is 0.195 e. The molecule has 0 aromatic carbocycles. The largest absolute Gasteiger partial charge is 0.324 e. The minimum atomic E-state index is 0.462. The van der Waals surface area contributed by atoms with Gasteiger partial charge in [0.1, 0.15) is 5.82 Å². The molecule has 2 rings (SSSR count). The average molecular weight is 170 g/mol. The van der Waals surface area contributed by atoms with Crippen molar-refractivity contribution in [2.75, 3.05) is 0 Å². The van der Waals surface area contributed by atoms with Gasteiger partial charge in [-0.25, -0.2) is 0 Å². The Morgan fingerprint density at radius 3 is 3.00 bits per heavy atom. The number of aromatic nitrogens is 3. The second-order valence-corrected chi connectivity index (χ2v) is 3.14. The van der Waals surface area contributed by atoms with Gasteiger partial charge in [-0.2, -0.15) is 5.10 Å². The molecule has 0 spiro atoms. The SMILES string of the molecule is NCc1n[nH]c(=S)n1C1CC1. The third-order valence-electron chi connectivity index (χ3n) is 1.87. The first-order valence-corrected chi connectivity index (χ1v) is 4.09. The van der Waals surface area contributed by atoms with Gasteiger partial charge in [-0.1, -0.05) is 0 Å². The van der Waals surface area contributed by atoms with Crippen molar-refractivity contribution < 1.29 is 0 Å². The van der Waals surface area contributed by atoms with E-state index in [1.54, 1.807) is 0 Å². The Balaban J connectivity index is 2.46. The zero-order valence-electron chi connectivity index (χ0n) is 6.08. The number of nitrogens with one attached hydrogen (secondary N) is 1. The molecule has 60 valence electrons.